The molecule has 1 heterocycles. The van der Waals surface area contributed by atoms with Crippen LogP contribution in [0.5, 0.6) is 0 Å². The molecule has 82 valence electrons. The minimum Gasteiger partial charge on any atom is -0.394 e. The first-order valence-corrected chi connectivity index (χ1v) is 5.87. The van der Waals surface area contributed by atoms with Gasteiger partial charge in [0.1, 0.15) is 0 Å². The predicted molar refractivity (Wildman–Crippen MR) is 57.1 cm³/mol. The highest BCUT2D eigenvalue weighted by Crippen LogP contribution is 2.32. The molecule has 1 saturated carbocycles. The lowest BCUT2D eigenvalue weighted by molar-refractivity contribution is 0.146. The van der Waals surface area contributed by atoms with Crippen molar-refractivity contribution in [3.05, 3.63) is 0 Å². The van der Waals surface area contributed by atoms with Gasteiger partial charge in [0.25, 0.3) is 0 Å². The van der Waals surface area contributed by atoms with E-state index in [1.807, 2.05) is 0 Å². The SMILES string of the molecule is NC1(CO)CCC(N2CCCCC2)C1. The molecular formula is C11H22N2O. The Bertz CT molecular complexity index is 192. The molecule has 0 aromatic heterocycles. The van der Waals surface area contributed by atoms with Crippen molar-refractivity contribution in [2.45, 2.75) is 50.1 Å². The Morgan fingerprint density at radius 3 is 2.57 bits per heavy atom. The number of hydrogen-bond donors (Lipinski definition) is 2. The third-order valence-corrected chi connectivity index (χ3v) is 3.84. The van der Waals surface area contributed by atoms with Crippen LogP contribution in [-0.2, 0) is 0 Å². The fourth-order valence-corrected chi connectivity index (χ4v) is 2.87. The van der Waals surface area contributed by atoms with Crippen molar-refractivity contribution in [3.8, 4) is 0 Å². The van der Waals surface area contributed by atoms with Gasteiger partial charge in [0.05, 0.1) is 6.61 Å². The van der Waals surface area contributed by atoms with Gasteiger partial charge in [0.15, 0.2) is 0 Å². The standard InChI is InChI=1S/C11H22N2O/c12-11(9-14)5-4-10(8-11)13-6-2-1-3-7-13/h10,14H,1-9,12H2. The Labute approximate surface area is 86.3 Å². The predicted octanol–water partition coefficient (Wildman–Crippen LogP) is 0.715. The second kappa shape index (κ2) is 4.17. The smallest absolute Gasteiger partial charge is 0.0611 e. The first-order valence-electron chi connectivity index (χ1n) is 5.87. The fourth-order valence-electron chi connectivity index (χ4n) is 2.87. The number of rotatable bonds is 2. The number of piperidine rings is 1. The van der Waals surface area contributed by atoms with Gasteiger partial charge in [-0.05, 0) is 45.2 Å². The van der Waals surface area contributed by atoms with Crippen LogP contribution < -0.4 is 5.73 Å². The van der Waals surface area contributed by atoms with E-state index in [0.29, 0.717) is 6.04 Å². The van der Waals surface area contributed by atoms with Crippen LogP contribution in [0.1, 0.15) is 38.5 Å². The van der Waals surface area contributed by atoms with Crippen LogP contribution in [0, 0.1) is 0 Å². The number of aliphatic hydroxyl groups is 1. The van der Waals surface area contributed by atoms with Crippen LogP contribution in [-0.4, -0.2) is 41.3 Å². The Morgan fingerprint density at radius 2 is 2.00 bits per heavy atom. The van der Waals surface area contributed by atoms with E-state index in [1.54, 1.807) is 0 Å². The minimum absolute atomic E-state index is 0.150. The molecule has 0 spiro atoms. The molecular weight excluding hydrogens is 176 g/mol. The van der Waals surface area contributed by atoms with Gasteiger partial charge in [-0.3, -0.25) is 0 Å². The van der Waals surface area contributed by atoms with Crippen LogP contribution in [0.3, 0.4) is 0 Å². The quantitative estimate of drug-likeness (QED) is 0.687. The maximum atomic E-state index is 9.20. The summed E-state index contributed by atoms with van der Waals surface area (Å²) in [6.45, 7) is 2.63. The molecule has 2 aliphatic rings. The molecule has 0 aromatic rings. The van der Waals surface area contributed by atoms with E-state index < -0.39 is 0 Å². The van der Waals surface area contributed by atoms with Gasteiger partial charge in [0, 0.05) is 11.6 Å². The summed E-state index contributed by atoms with van der Waals surface area (Å²) < 4.78 is 0. The van der Waals surface area contributed by atoms with Crippen molar-refractivity contribution >= 4 is 0 Å². The van der Waals surface area contributed by atoms with Crippen molar-refractivity contribution in [2.75, 3.05) is 19.7 Å². The maximum absolute atomic E-state index is 9.20. The monoisotopic (exact) mass is 198 g/mol. The van der Waals surface area contributed by atoms with E-state index in [9.17, 15) is 5.11 Å². The third-order valence-electron chi connectivity index (χ3n) is 3.84. The summed E-state index contributed by atoms with van der Waals surface area (Å²) in [5.41, 5.74) is 5.80. The molecule has 1 aliphatic heterocycles. The van der Waals surface area contributed by atoms with Crippen LogP contribution in [0.15, 0.2) is 0 Å². The van der Waals surface area contributed by atoms with Crippen LogP contribution in [0.25, 0.3) is 0 Å². The number of likely N-dealkylation sites (tertiary alicyclic amines) is 1. The molecule has 3 nitrogen and oxygen atoms in total. The van der Waals surface area contributed by atoms with E-state index in [4.69, 9.17) is 5.73 Å². The highest BCUT2D eigenvalue weighted by Gasteiger charge is 2.37. The summed E-state index contributed by atoms with van der Waals surface area (Å²) in [5.74, 6) is 0. The zero-order valence-electron chi connectivity index (χ0n) is 8.91. The fraction of sp³-hybridized carbons (Fsp3) is 1.00. The van der Waals surface area contributed by atoms with Crippen LogP contribution >= 0.6 is 0 Å². The van der Waals surface area contributed by atoms with E-state index in [1.165, 1.54) is 38.8 Å². The molecule has 0 aromatic carbocycles. The molecule has 0 radical (unpaired) electrons. The lowest BCUT2D eigenvalue weighted by atomic mass is 10.00. The number of nitrogens with two attached hydrogens (primary N) is 1. The maximum Gasteiger partial charge on any atom is 0.0611 e. The normalized spacial score (nSPS) is 40.3. The minimum atomic E-state index is -0.276. The molecule has 2 rings (SSSR count). The summed E-state index contributed by atoms with van der Waals surface area (Å²) in [7, 11) is 0. The van der Waals surface area contributed by atoms with Gasteiger partial charge < -0.3 is 15.7 Å². The van der Waals surface area contributed by atoms with E-state index >= 15 is 0 Å². The molecule has 0 bridgehead atoms. The first kappa shape index (κ1) is 10.4. The summed E-state index contributed by atoms with van der Waals surface area (Å²) in [5, 5.41) is 9.20. The van der Waals surface area contributed by atoms with Gasteiger partial charge in [-0.2, -0.15) is 0 Å². The van der Waals surface area contributed by atoms with Crippen molar-refractivity contribution in [1.29, 1.82) is 0 Å². The van der Waals surface area contributed by atoms with Gasteiger partial charge in [-0.15, -0.1) is 0 Å². The number of nitrogens with zero attached hydrogens (tertiary/aromatic N) is 1. The average molecular weight is 198 g/mol. The van der Waals surface area contributed by atoms with E-state index in [-0.39, 0.29) is 12.1 Å². The topological polar surface area (TPSA) is 49.5 Å². The summed E-state index contributed by atoms with van der Waals surface area (Å²) in [4.78, 5) is 2.58. The number of hydrogen-bond acceptors (Lipinski definition) is 3. The van der Waals surface area contributed by atoms with Gasteiger partial charge >= 0.3 is 0 Å². The molecule has 2 unspecified atom stereocenters. The number of aliphatic hydroxyl groups excluding tert-OH is 1. The highest BCUT2D eigenvalue weighted by molar-refractivity contribution is 4.97. The molecule has 2 atom stereocenters. The zero-order chi connectivity index (χ0) is 10.0. The molecule has 1 saturated heterocycles. The third kappa shape index (κ3) is 2.10. The summed E-state index contributed by atoms with van der Waals surface area (Å²) in [6.07, 6.45) is 7.22. The summed E-state index contributed by atoms with van der Waals surface area (Å²) >= 11 is 0. The molecule has 2 fully saturated rings. The zero-order valence-corrected chi connectivity index (χ0v) is 8.91. The molecule has 0 amide bonds. The van der Waals surface area contributed by atoms with Crippen LogP contribution in [0.2, 0.25) is 0 Å². The van der Waals surface area contributed by atoms with Gasteiger partial charge in [-0.1, -0.05) is 6.42 Å². The lowest BCUT2D eigenvalue weighted by Crippen LogP contribution is -2.44. The van der Waals surface area contributed by atoms with Crippen molar-refractivity contribution < 1.29 is 5.11 Å². The Hall–Kier alpha value is -0.120. The van der Waals surface area contributed by atoms with Gasteiger partial charge in [-0.25, -0.2) is 0 Å². The average Bonchev–Trinajstić information content (AvgIpc) is 2.63. The van der Waals surface area contributed by atoms with Crippen LogP contribution in [0.4, 0.5) is 0 Å². The molecule has 14 heavy (non-hydrogen) atoms. The van der Waals surface area contributed by atoms with Crippen molar-refractivity contribution in [2.24, 2.45) is 5.73 Å². The largest absolute Gasteiger partial charge is 0.394 e. The van der Waals surface area contributed by atoms with E-state index in [2.05, 4.69) is 4.90 Å². The first-order chi connectivity index (χ1) is 6.73. The molecule has 3 heteroatoms. The Kier molecular flexibility index (Phi) is 3.10. The second-order valence-corrected chi connectivity index (χ2v) is 5.01. The summed E-state index contributed by atoms with van der Waals surface area (Å²) in [6, 6.07) is 0.646. The van der Waals surface area contributed by atoms with Gasteiger partial charge in [0.2, 0.25) is 0 Å². The molecule has 1 aliphatic carbocycles. The Balaban J connectivity index is 1.88. The van der Waals surface area contributed by atoms with Crippen molar-refractivity contribution in [1.82, 2.24) is 4.90 Å². The lowest BCUT2D eigenvalue weighted by Gasteiger charge is -2.33. The second-order valence-electron chi connectivity index (χ2n) is 5.01. The highest BCUT2D eigenvalue weighted by atomic mass is 16.3. The molecule has 3 N–H and O–H groups in total. The van der Waals surface area contributed by atoms with E-state index in [0.717, 1.165) is 12.8 Å². The Morgan fingerprint density at radius 1 is 1.29 bits per heavy atom. The van der Waals surface area contributed by atoms with Crippen molar-refractivity contribution in [3.63, 3.8) is 0 Å².